The maximum atomic E-state index is 10.9. The molecule has 3 nitrogen and oxygen atoms in total. The van der Waals surface area contributed by atoms with Crippen molar-refractivity contribution >= 4 is 12.3 Å². The number of carbonyl (C=O) groups is 2. The lowest BCUT2D eigenvalue weighted by atomic mass is 9.87. The Hall–Kier alpha value is -1.12. The van der Waals surface area contributed by atoms with Gasteiger partial charge in [-0.15, -0.1) is 0 Å². The molecule has 0 spiro atoms. The highest BCUT2D eigenvalue weighted by Gasteiger charge is 2.34. The molecule has 1 aliphatic carbocycles. The largest absolute Gasteiger partial charge is 0.435 e. The Morgan fingerprint density at radius 3 is 2.53 bits per heavy atom. The zero-order valence-corrected chi connectivity index (χ0v) is 9.53. The Kier molecular flexibility index (Phi) is 4.06. The maximum Gasteiger partial charge on any atom is 0.307 e. The zero-order chi connectivity index (χ0) is 11.4. The second-order valence-electron chi connectivity index (χ2n) is 4.35. The molecule has 0 aromatic rings. The second-order valence-corrected chi connectivity index (χ2v) is 4.35. The number of hydrogen-bond donors (Lipinski definition) is 0. The minimum atomic E-state index is -0.317. The molecular formula is C12H18O3. The van der Waals surface area contributed by atoms with Crippen LogP contribution in [0.25, 0.3) is 0 Å². The lowest BCUT2D eigenvalue weighted by molar-refractivity contribution is -0.135. The molecule has 0 radical (unpaired) electrons. The van der Waals surface area contributed by atoms with Crippen LogP contribution in [0.15, 0.2) is 11.8 Å². The van der Waals surface area contributed by atoms with Gasteiger partial charge in [-0.2, -0.15) is 0 Å². The third-order valence-corrected chi connectivity index (χ3v) is 3.21. The van der Waals surface area contributed by atoms with E-state index in [1.54, 1.807) is 0 Å². The van der Waals surface area contributed by atoms with E-state index in [9.17, 15) is 9.59 Å². The number of hydrogen-bond acceptors (Lipinski definition) is 3. The molecule has 0 bridgehead atoms. The summed E-state index contributed by atoms with van der Waals surface area (Å²) >= 11 is 0. The highest BCUT2D eigenvalue weighted by molar-refractivity contribution is 5.66. The van der Waals surface area contributed by atoms with Crippen molar-refractivity contribution in [2.24, 2.45) is 17.8 Å². The van der Waals surface area contributed by atoms with Gasteiger partial charge in [0.25, 0.3) is 0 Å². The molecule has 1 fully saturated rings. The van der Waals surface area contributed by atoms with Crippen LogP contribution in [0.2, 0.25) is 0 Å². The molecular weight excluding hydrogens is 192 g/mol. The van der Waals surface area contributed by atoms with E-state index in [1.807, 2.05) is 6.92 Å². The summed E-state index contributed by atoms with van der Waals surface area (Å²) < 4.78 is 4.83. The predicted octanol–water partition coefficient (Wildman–Crippen LogP) is 2.31. The Balaban J connectivity index is 2.66. The Bertz CT molecular complexity index is 281. The summed E-state index contributed by atoms with van der Waals surface area (Å²) in [4.78, 5) is 21.6. The summed E-state index contributed by atoms with van der Waals surface area (Å²) in [6, 6.07) is 0. The molecule has 84 valence electrons. The maximum absolute atomic E-state index is 10.9. The van der Waals surface area contributed by atoms with E-state index in [-0.39, 0.29) is 17.8 Å². The fourth-order valence-electron chi connectivity index (χ4n) is 2.25. The normalized spacial score (nSPS) is 31.4. The van der Waals surface area contributed by atoms with Crippen molar-refractivity contribution in [3.05, 3.63) is 11.8 Å². The zero-order valence-electron chi connectivity index (χ0n) is 9.53. The molecule has 0 aromatic heterocycles. The van der Waals surface area contributed by atoms with Crippen LogP contribution in [0.5, 0.6) is 0 Å². The summed E-state index contributed by atoms with van der Waals surface area (Å²) in [5, 5.41) is 0. The molecule has 0 heterocycles. The van der Waals surface area contributed by atoms with Gasteiger partial charge in [0.15, 0.2) is 0 Å². The van der Waals surface area contributed by atoms with Crippen molar-refractivity contribution in [2.45, 2.75) is 33.6 Å². The summed E-state index contributed by atoms with van der Waals surface area (Å²) in [7, 11) is 0. The van der Waals surface area contributed by atoms with Crippen LogP contribution in [-0.2, 0) is 14.3 Å². The van der Waals surface area contributed by atoms with Gasteiger partial charge >= 0.3 is 5.97 Å². The fraction of sp³-hybridized carbons (Fsp3) is 0.667. The van der Waals surface area contributed by atoms with Crippen LogP contribution in [0.4, 0.5) is 0 Å². The number of esters is 1. The molecule has 1 rings (SSSR count). The highest BCUT2D eigenvalue weighted by Crippen LogP contribution is 2.39. The van der Waals surface area contributed by atoms with Crippen molar-refractivity contribution in [1.82, 2.24) is 0 Å². The number of aldehydes is 1. The Labute approximate surface area is 90.5 Å². The number of ether oxygens (including phenoxy) is 1. The average Bonchev–Trinajstić information content (AvgIpc) is 2.55. The van der Waals surface area contributed by atoms with Gasteiger partial charge in [0.2, 0.25) is 0 Å². The fourth-order valence-corrected chi connectivity index (χ4v) is 2.25. The molecule has 1 aliphatic rings. The molecule has 1 saturated carbocycles. The van der Waals surface area contributed by atoms with E-state index in [4.69, 9.17) is 4.74 Å². The summed E-state index contributed by atoms with van der Waals surface area (Å²) in [5.74, 6) is 0.449. The Morgan fingerprint density at radius 2 is 2.00 bits per heavy atom. The van der Waals surface area contributed by atoms with Gasteiger partial charge in [0.1, 0.15) is 6.29 Å². The SMILES string of the molecule is CC(=O)O/C=C(\C)[C@@H]1CC[C@H](C)C1C=O. The van der Waals surface area contributed by atoms with Gasteiger partial charge < -0.3 is 9.53 Å². The molecule has 1 unspecified atom stereocenters. The van der Waals surface area contributed by atoms with Crippen LogP contribution < -0.4 is 0 Å². The lowest BCUT2D eigenvalue weighted by Crippen LogP contribution is -2.15. The van der Waals surface area contributed by atoms with Crippen LogP contribution >= 0.6 is 0 Å². The van der Waals surface area contributed by atoms with Crippen molar-refractivity contribution in [2.75, 3.05) is 0 Å². The van der Waals surface area contributed by atoms with Crippen molar-refractivity contribution in [1.29, 1.82) is 0 Å². The van der Waals surface area contributed by atoms with Crippen LogP contribution in [0.1, 0.15) is 33.6 Å². The molecule has 15 heavy (non-hydrogen) atoms. The van der Waals surface area contributed by atoms with E-state index in [0.717, 1.165) is 24.7 Å². The monoisotopic (exact) mass is 210 g/mol. The van der Waals surface area contributed by atoms with Crippen LogP contribution in [0.3, 0.4) is 0 Å². The van der Waals surface area contributed by atoms with Crippen LogP contribution in [-0.4, -0.2) is 12.3 Å². The Morgan fingerprint density at radius 1 is 1.33 bits per heavy atom. The standard InChI is InChI=1S/C12H18O3/c1-8-4-5-11(12(8)6-13)9(2)7-15-10(3)14/h6-8,11-12H,4-5H2,1-3H3/b9-7+/t8-,11-,12?/m0/s1. The second kappa shape index (κ2) is 5.10. The van der Waals surface area contributed by atoms with E-state index >= 15 is 0 Å². The van der Waals surface area contributed by atoms with Crippen molar-refractivity contribution < 1.29 is 14.3 Å². The molecule has 0 saturated heterocycles. The predicted molar refractivity (Wildman–Crippen MR) is 57.0 cm³/mol. The molecule has 3 atom stereocenters. The van der Waals surface area contributed by atoms with E-state index < -0.39 is 0 Å². The van der Waals surface area contributed by atoms with Gasteiger partial charge in [-0.05, 0) is 37.2 Å². The van der Waals surface area contributed by atoms with E-state index in [0.29, 0.717) is 5.92 Å². The molecule has 0 aliphatic heterocycles. The molecule has 0 aromatic carbocycles. The number of allylic oxidation sites excluding steroid dienone is 1. The summed E-state index contributed by atoms with van der Waals surface area (Å²) in [5.41, 5.74) is 0.992. The first-order valence-corrected chi connectivity index (χ1v) is 5.35. The first-order chi connectivity index (χ1) is 7.06. The van der Waals surface area contributed by atoms with E-state index in [1.165, 1.54) is 13.2 Å². The van der Waals surface area contributed by atoms with Gasteiger partial charge in [-0.3, -0.25) is 4.79 Å². The van der Waals surface area contributed by atoms with Crippen LogP contribution in [0, 0.1) is 17.8 Å². The third kappa shape index (κ3) is 2.91. The third-order valence-electron chi connectivity index (χ3n) is 3.21. The highest BCUT2D eigenvalue weighted by atomic mass is 16.5. The van der Waals surface area contributed by atoms with Gasteiger partial charge in [0, 0.05) is 12.8 Å². The number of carbonyl (C=O) groups excluding carboxylic acids is 2. The average molecular weight is 210 g/mol. The van der Waals surface area contributed by atoms with Crippen molar-refractivity contribution in [3.8, 4) is 0 Å². The van der Waals surface area contributed by atoms with Gasteiger partial charge in [0.05, 0.1) is 6.26 Å². The topological polar surface area (TPSA) is 43.4 Å². The molecule has 0 N–H and O–H groups in total. The molecule has 0 amide bonds. The molecule has 3 heteroatoms. The first kappa shape index (κ1) is 12.0. The van der Waals surface area contributed by atoms with Crippen molar-refractivity contribution in [3.63, 3.8) is 0 Å². The van der Waals surface area contributed by atoms with Gasteiger partial charge in [-0.25, -0.2) is 0 Å². The van der Waals surface area contributed by atoms with E-state index in [2.05, 4.69) is 6.92 Å². The summed E-state index contributed by atoms with van der Waals surface area (Å²) in [6.45, 7) is 5.39. The lowest BCUT2D eigenvalue weighted by Gasteiger charge is -2.17. The first-order valence-electron chi connectivity index (χ1n) is 5.35. The minimum Gasteiger partial charge on any atom is -0.435 e. The quantitative estimate of drug-likeness (QED) is 0.408. The minimum absolute atomic E-state index is 0.0804. The van der Waals surface area contributed by atoms with Gasteiger partial charge in [-0.1, -0.05) is 6.92 Å². The number of rotatable bonds is 3. The smallest absolute Gasteiger partial charge is 0.307 e. The summed E-state index contributed by atoms with van der Waals surface area (Å²) in [6.07, 6.45) is 4.60.